The summed E-state index contributed by atoms with van der Waals surface area (Å²) in [5.74, 6) is 0. The van der Waals surface area contributed by atoms with Gasteiger partial charge >= 0.3 is 0 Å². The summed E-state index contributed by atoms with van der Waals surface area (Å²) in [5.41, 5.74) is 4.91. The number of nitrogens with zero attached hydrogens (tertiary/aromatic N) is 6. The Morgan fingerprint density at radius 3 is 2.56 bits per heavy atom. The van der Waals surface area contributed by atoms with Crippen LogP contribution < -0.4 is 0 Å². The minimum atomic E-state index is -0.0441. The molecule has 27 heavy (non-hydrogen) atoms. The van der Waals surface area contributed by atoms with Gasteiger partial charge in [0.2, 0.25) is 0 Å². The molecule has 0 radical (unpaired) electrons. The zero-order chi connectivity index (χ0) is 19.2. The van der Waals surface area contributed by atoms with Crippen LogP contribution in [0.4, 0.5) is 0 Å². The van der Waals surface area contributed by atoms with Crippen LogP contribution in [0, 0.1) is 6.92 Å². The second kappa shape index (κ2) is 6.15. The van der Waals surface area contributed by atoms with E-state index in [9.17, 15) is 0 Å². The molecule has 4 aromatic rings. The Bertz CT molecular complexity index is 1100. The highest BCUT2D eigenvalue weighted by Crippen LogP contribution is 2.35. The maximum atomic E-state index is 4.81. The van der Waals surface area contributed by atoms with Gasteiger partial charge in [-0.1, -0.05) is 27.7 Å². The van der Waals surface area contributed by atoms with Crippen molar-refractivity contribution in [2.75, 3.05) is 0 Å². The molecule has 0 unspecified atom stereocenters. The zero-order valence-electron chi connectivity index (χ0n) is 16.6. The number of hydrogen-bond donors (Lipinski definition) is 0. The van der Waals surface area contributed by atoms with Crippen LogP contribution in [-0.4, -0.2) is 29.2 Å². The fraction of sp³-hybridized carbons (Fsp3) is 0.429. The van der Waals surface area contributed by atoms with Crippen LogP contribution in [0.3, 0.4) is 0 Å². The van der Waals surface area contributed by atoms with Gasteiger partial charge in [0.05, 0.1) is 29.5 Å². The molecular formula is C21H26N6. The number of imidazole rings is 2. The van der Waals surface area contributed by atoms with E-state index in [1.54, 1.807) is 0 Å². The van der Waals surface area contributed by atoms with E-state index < -0.39 is 0 Å². The molecule has 0 atom stereocenters. The van der Waals surface area contributed by atoms with Crippen LogP contribution in [-0.2, 0) is 10.8 Å². The third-order valence-corrected chi connectivity index (χ3v) is 5.48. The van der Waals surface area contributed by atoms with E-state index in [1.165, 1.54) is 0 Å². The molecule has 0 N–H and O–H groups in total. The summed E-state index contributed by atoms with van der Waals surface area (Å²) >= 11 is 0. The highest BCUT2D eigenvalue weighted by Gasteiger charge is 2.30. The normalized spacial score (nSPS) is 12.9. The van der Waals surface area contributed by atoms with Gasteiger partial charge in [0.1, 0.15) is 0 Å². The predicted octanol–water partition coefficient (Wildman–Crippen LogP) is 4.12. The molecular weight excluding hydrogens is 336 g/mol. The third-order valence-electron chi connectivity index (χ3n) is 5.48. The van der Waals surface area contributed by atoms with E-state index >= 15 is 0 Å². The van der Waals surface area contributed by atoms with Gasteiger partial charge in [0, 0.05) is 17.0 Å². The van der Waals surface area contributed by atoms with Gasteiger partial charge in [-0.05, 0) is 44.0 Å². The summed E-state index contributed by atoms with van der Waals surface area (Å²) < 4.78 is 3.83. The van der Waals surface area contributed by atoms with Gasteiger partial charge in [-0.3, -0.25) is 0 Å². The van der Waals surface area contributed by atoms with Crippen molar-refractivity contribution < 1.29 is 0 Å². The van der Waals surface area contributed by atoms with Crippen LogP contribution >= 0.6 is 0 Å². The molecule has 0 bridgehead atoms. The lowest BCUT2D eigenvalue weighted by Gasteiger charge is -2.30. The molecule has 0 saturated carbocycles. The molecule has 140 valence electrons. The van der Waals surface area contributed by atoms with Crippen LogP contribution in [0.2, 0.25) is 0 Å². The molecule has 4 aromatic heterocycles. The topological polar surface area (TPSA) is 60.4 Å². The molecule has 4 rings (SSSR count). The standard InChI is InChI=1S/C21H26N6/c1-15-14-26-19(24-15)9-8-16(25-26)20(2,3)10-11-21(4,5)17-13-22-18-7-6-12-23-27(17)18/h6-9,12-14H,10-11H2,1-5H3. The molecule has 0 amide bonds. The summed E-state index contributed by atoms with van der Waals surface area (Å²) in [6.07, 6.45) is 7.75. The number of aromatic nitrogens is 6. The first kappa shape index (κ1) is 17.6. The third kappa shape index (κ3) is 3.20. The SMILES string of the molecule is Cc1cn2nc(C(C)(C)CCC(C)(C)c3cnc4cccnn34)ccc2n1. The van der Waals surface area contributed by atoms with Gasteiger partial charge in [-0.2, -0.15) is 10.2 Å². The Balaban J connectivity index is 1.58. The van der Waals surface area contributed by atoms with E-state index in [0.717, 1.165) is 41.2 Å². The van der Waals surface area contributed by atoms with Crippen molar-refractivity contribution in [2.24, 2.45) is 0 Å². The van der Waals surface area contributed by atoms with E-state index in [0.29, 0.717) is 0 Å². The number of aryl methyl sites for hydroxylation is 1. The monoisotopic (exact) mass is 362 g/mol. The minimum Gasteiger partial charge on any atom is -0.235 e. The lowest BCUT2D eigenvalue weighted by Crippen LogP contribution is -2.27. The van der Waals surface area contributed by atoms with E-state index in [2.05, 4.69) is 54.9 Å². The van der Waals surface area contributed by atoms with E-state index in [-0.39, 0.29) is 10.8 Å². The second-order valence-corrected chi connectivity index (χ2v) is 8.61. The molecule has 6 nitrogen and oxygen atoms in total. The van der Waals surface area contributed by atoms with Crippen LogP contribution in [0.1, 0.15) is 57.6 Å². The molecule has 0 spiro atoms. The quantitative estimate of drug-likeness (QED) is 0.536. The fourth-order valence-electron chi connectivity index (χ4n) is 3.53. The number of fused-ring (bicyclic) bond motifs is 2. The van der Waals surface area contributed by atoms with E-state index in [4.69, 9.17) is 5.10 Å². The number of hydrogen-bond acceptors (Lipinski definition) is 4. The molecule has 6 heteroatoms. The van der Waals surface area contributed by atoms with Crippen molar-refractivity contribution in [3.05, 3.63) is 59.9 Å². The van der Waals surface area contributed by atoms with Crippen molar-refractivity contribution in [3.63, 3.8) is 0 Å². The summed E-state index contributed by atoms with van der Waals surface area (Å²) in [6.45, 7) is 11.0. The molecule has 4 heterocycles. The highest BCUT2D eigenvalue weighted by atomic mass is 15.3. The Morgan fingerprint density at radius 1 is 0.963 bits per heavy atom. The Labute approximate surface area is 159 Å². The summed E-state index contributed by atoms with van der Waals surface area (Å²) in [5, 5.41) is 9.28. The molecule has 0 aromatic carbocycles. The first-order valence-corrected chi connectivity index (χ1v) is 9.39. The first-order valence-electron chi connectivity index (χ1n) is 9.39. The summed E-state index contributed by atoms with van der Waals surface area (Å²) in [6, 6.07) is 8.06. The largest absolute Gasteiger partial charge is 0.235 e. The minimum absolute atomic E-state index is 0.0409. The van der Waals surface area contributed by atoms with E-state index in [1.807, 2.05) is 46.7 Å². The maximum Gasteiger partial charge on any atom is 0.153 e. The Kier molecular flexibility index (Phi) is 4.02. The van der Waals surface area contributed by atoms with Crippen LogP contribution in [0.25, 0.3) is 11.3 Å². The van der Waals surface area contributed by atoms with Gasteiger partial charge in [0.25, 0.3) is 0 Å². The molecule has 0 saturated heterocycles. The zero-order valence-corrected chi connectivity index (χ0v) is 16.6. The lowest BCUT2D eigenvalue weighted by atomic mass is 9.76. The van der Waals surface area contributed by atoms with Gasteiger partial charge in [-0.25, -0.2) is 19.0 Å². The van der Waals surface area contributed by atoms with Crippen molar-refractivity contribution in [1.82, 2.24) is 29.2 Å². The summed E-state index contributed by atoms with van der Waals surface area (Å²) in [7, 11) is 0. The molecule has 0 fully saturated rings. The van der Waals surface area contributed by atoms with Gasteiger partial charge in [0.15, 0.2) is 11.3 Å². The van der Waals surface area contributed by atoms with Gasteiger partial charge in [-0.15, -0.1) is 0 Å². The molecule has 0 aliphatic carbocycles. The van der Waals surface area contributed by atoms with Crippen molar-refractivity contribution in [3.8, 4) is 0 Å². The Hall–Kier alpha value is -2.76. The molecule has 0 aliphatic rings. The molecule has 0 aliphatic heterocycles. The summed E-state index contributed by atoms with van der Waals surface area (Å²) in [4.78, 5) is 8.97. The fourth-order valence-corrected chi connectivity index (χ4v) is 3.53. The van der Waals surface area contributed by atoms with Crippen molar-refractivity contribution in [1.29, 1.82) is 0 Å². The first-order chi connectivity index (χ1) is 12.8. The highest BCUT2D eigenvalue weighted by molar-refractivity contribution is 5.40. The Morgan fingerprint density at radius 2 is 1.74 bits per heavy atom. The average Bonchev–Trinajstić information content (AvgIpc) is 3.22. The second-order valence-electron chi connectivity index (χ2n) is 8.61. The average molecular weight is 362 g/mol. The predicted molar refractivity (Wildman–Crippen MR) is 106 cm³/mol. The van der Waals surface area contributed by atoms with Crippen molar-refractivity contribution in [2.45, 2.75) is 58.3 Å². The van der Waals surface area contributed by atoms with Crippen LogP contribution in [0.15, 0.2) is 42.9 Å². The van der Waals surface area contributed by atoms with Gasteiger partial charge < -0.3 is 0 Å². The number of rotatable bonds is 5. The maximum absolute atomic E-state index is 4.81. The smallest absolute Gasteiger partial charge is 0.153 e. The van der Waals surface area contributed by atoms with Crippen LogP contribution in [0.5, 0.6) is 0 Å². The van der Waals surface area contributed by atoms with Crippen molar-refractivity contribution >= 4 is 11.3 Å². The lowest BCUT2D eigenvalue weighted by molar-refractivity contribution is 0.357.